The van der Waals surface area contributed by atoms with Gasteiger partial charge < -0.3 is 4.74 Å². The van der Waals surface area contributed by atoms with Crippen molar-refractivity contribution in [1.29, 1.82) is 0 Å². The summed E-state index contributed by atoms with van der Waals surface area (Å²) in [5.41, 5.74) is 0.341. The molecule has 0 heterocycles. The molecule has 0 atom stereocenters. The molecule has 0 fully saturated rings. The van der Waals surface area contributed by atoms with Crippen LogP contribution in [0.5, 0.6) is 0 Å². The molecule has 5 nitrogen and oxygen atoms in total. The second-order valence-corrected chi connectivity index (χ2v) is 6.19. The molecule has 0 saturated heterocycles. The Kier molecular flexibility index (Phi) is 4.49. The molecule has 0 radical (unpaired) electrons. The lowest BCUT2D eigenvalue weighted by molar-refractivity contribution is -0.00950. The quantitative estimate of drug-likeness (QED) is 0.667. The fraction of sp³-hybridized carbons (Fsp3) is 0.133. The van der Waals surface area contributed by atoms with Gasteiger partial charge in [-0.1, -0.05) is 43.0 Å². The normalized spacial score (nSPS) is 12.1. The topological polar surface area (TPSA) is 80.7 Å². The van der Waals surface area contributed by atoms with Gasteiger partial charge in [0.25, 0.3) is 0 Å². The van der Waals surface area contributed by atoms with Gasteiger partial charge in [-0.3, -0.25) is 4.55 Å². The van der Waals surface area contributed by atoms with E-state index in [1.165, 1.54) is 12.1 Å². The molecular formula is C15H12F2O5S. The van der Waals surface area contributed by atoms with E-state index < -0.39 is 27.9 Å². The highest BCUT2D eigenvalue weighted by Gasteiger charge is 2.45. The molecule has 23 heavy (non-hydrogen) atoms. The van der Waals surface area contributed by atoms with E-state index in [0.29, 0.717) is 10.9 Å². The molecule has 0 aromatic heterocycles. The van der Waals surface area contributed by atoms with E-state index in [1.54, 1.807) is 30.3 Å². The van der Waals surface area contributed by atoms with E-state index in [4.69, 9.17) is 4.55 Å². The number of esters is 1. The number of ether oxygens (including phenoxy) is 1. The predicted molar refractivity (Wildman–Crippen MR) is 80.8 cm³/mol. The van der Waals surface area contributed by atoms with Crippen LogP contribution in [0.3, 0.4) is 0 Å². The van der Waals surface area contributed by atoms with E-state index in [1.807, 2.05) is 0 Å². The molecule has 2 rings (SSSR count). The molecule has 0 saturated carbocycles. The fourth-order valence-electron chi connectivity index (χ4n) is 2.00. The number of hydrogen-bond donors (Lipinski definition) is 1. The Morgan fingerprint density at radius 2 is 1.91 bits per heavy atom. The third-order valence-corrected chi connectivity index (χ3v) is 4.02. The van der Waals surface area contributed by atoms with Crippen LogP contribution < -0.4 is 0 Å². The van der Waals surface area contributed by atoms with Gasteiger partial charge in [0.05, 0.1) is 5.56 Å². The summed E-state index contributed by atoms with van der Waals surface area (Å²) < 4.78 is 59.9. The van der Waals surface area contributed by atoms with Crippen LogP contribution in [0.1, 0.15) is 15.9 Å². The maximum absolute atomic E-state index is 13.1. The molecule has 2 aromatic rings. The predicted octanol–water partition coefficient (Wildman–Crippen LogP) is 3.12. The lowest BCUT2D eigenvalue weighted by atomic mass is 9.99. The molecule has 8 heteroatoms. The number of halogens is 2. The third kappa shape index (κ3) is 3.38. The Balaban J connectivity index is 2.34. The Hall–Kier alpha value is -2.32. The van der Waals surface area contributed by atoms with Gasteiger partial charge in [-0.05, 0) is 22.4 Å². The van der Waals surface area contributed by atoms with Crippen molar-refractivity contribution in [3.8, 4) is 0 Å². The van der Waals surface area contributed by atoms with Crippen LogP contribution >= 0.6 is 0 Å². The van der Waals surface area contributed by atoms with E-state index in [2.05, 4.69) is 11.3 Å². The Morgan fingerprint density at radius 1 is 1.26 bits per heavy atom. The monoisotopic (exact) mass is 342 g/mol. The Morgan fingerprint density at radius 3 is 2.52 bits per heavy atom. The summed E-state index contributed by atoms with van der Waals surface area (Å²) in [5.74, 6) is -1.14. The summed E-state index contributed by atoms with van der Waals surface area (Å²) in [7, 11) is -5.66. The van der Waals surface area contributed by atoms with E-state index >= 15 is 0 Å². The first-order valence-electron chi connectivity index (χ1n) is 6.33. The second-order valence-electron chi connectivity index (χ2n) is 4.64. The van der Waals surface area contributed by atoms with Gasteiger partial charge in [-0.25, -0.2) is 4.79 Å². The van der Waals surface area contributed by atoms with Crippen molar-refractivity contribution < 1.29 is 31.3 Å². The number of rotatable bonds is 5. The van der Waals surface area contributed by atoms with Gasteiger partial charge in [0, 0.05) is 0 Å². The molecule has 0 spiro atoms. The Labute approximate surface area is 130 Å². The maximum Gasteiger partial charge on any atom is 0.402 e. The van der Waals surface area contributed by atoms with E-state index in [9.17, 15) is 22.0 Å². The average Bonchev–Trinajstić information content (AvgIpc) is 2.50. The second kappa shape index (κ2) is 6.05. The highest BCUT2D eigenvalue weighted by molar-refractivity contribution is 7.86. The summed E-state index contributed by atoms with van der Waals surface area (Å²) in [6.07, 6.45) is 1.37. The van der Waals surface area contributed by atoms with Crippen LogP contribution in [0.2, 0.25) is 0 Å². The van der Waals surface area contributed by atoms with Gasteiger partial charge in [0.1, 0.15) is 0 Å². The van der Waals surface area contributed by atoms with Crippen LogP contribution in [0.4, 0.5) is 8.78 Å². The van der Waals surface area contributed by atoms with Crippen molar-refractivity contribution in [1.82, 2.24) is 0 Å². The summed E-state index contributed by atoms with van der Waals surface area (Å²) >= 11 is 0. The van der Waals surface area contributed by atoms with Crippen molar-refractivity contribution in [2.75, 3.05) is 6.61 Å². The Bertz CT molecular complexity index is 875. The van der Waals surface area contributed by atoms with Crippen molar-refractivity contribution in [2.45, 2.75) is 5.25 Å². The van der Waals surface area contributed by atoms with Gasteiger partial charge in [0.2, 0.25) is 0 Å². The van der Waals surface area contributed by atoms with Crippen LogP contribution in [0.25, 0.3) is 16.8 Å². The van der Waals surface area contributed by atoms with Gasteiger partial charge >= 0.3 is 21.3 Å². The van der Waals surface area contributed by atoms with Crippen LogP contribution in [-0.4, -0.2) is 30.8 Å². The zero-order valence-electron chi connectivity index (χ0n) is 11.7. The standard InChI is InChI=1S/C15H12F2O5S/c1-2-11-12-6-4-3-5-10(12)7-8-13(11)14(18)22-9-15(16,17)23(19,20)21/h2-8H,1,9H2,(H,19,20,21). The smallest absolute Gasteiger partial charge is 0.402 e. The molecule has 0 aliphatic rings. The van der Waals surface area contributed by atoms with Crippen molar-refractivity contribution in [3.63, 3.8) is 0 Å². The molecule has 0 aliphatic carbocycles. The number of fused-ring (bicyclic) bond motifs is 1. The SMILES string of the molecule is C=Cc1c(C(=O)OCC(F)(F)S(=O)(=O)O)ccc2ccccc12. The summed E-state index contributed by atoms with van der Waals surface area (Å²) in [5, 5.41) is -3.10. The largest absolute Gasteiger partial charge is 0.454 e. The highest BCUT2D eigenvalue weighted by Crippen LogP contribution is 2.26. The minimum absolute atomic E-state index is 0.0372. The zero-order valence-corrected chi connectivity index (χ0v) is 12.5. The minimum atomic E-state index is -5.66. The van der Waals surface area contributed by atoms with Crippen LogP contribution in [0.15, 0.2) is 43.0 Å². The molecule has 0 amide bonds. The first kappa shape index (κ1) is 17.0. The van der Waals surface area contributed by atoms with Gasteiger partial charge in [0.15, 0.2) is 6.61 Å². The lowest BCUT2D eigenvalue weighted by Crippen LogP contribution is -2.34. The van der Waals surface area contributed by atoms with Crippen molar-refractivity contribution in [2.24, 2.45) is 0 Å². The number of carbonyl (C=O) groups excluding carboxylic acids is 1. The molecule has 0 aliphatic heterocycles. The van der Waals surface area contributed by atoms with E-state index in [-0.39, 0.29) is 5.56 Å². The lowest BCUT2D eigenvalue weighted by Gasteiger charge is -2.14. The molecule has 0 unspecified atom stereocenters. The third-order valence-electron chi connectivity index (χ3n) is 3.14. The molecule has 122 valence electrons. The maximum atomic E-state index is 13.1. The number of hydrogen-bond acceptors (Lipinski definition) is 4. The summed E-state index contributed by atoms with van der Waals surface area (Å²) in [6.45, 7) is 1.80. The van der Waals surface area contributed by atoms with Crippen molar-refractivity contribution in [3.05, 3.63) is 54.1 Å². The molecule has 1 N–H and O–H groups in total. The number of benzene rings is 2. The number of alkyl halides is 2. The van der Waals surface area contributed by atoms with Gasteiger partial charge in [-0.2, -0.15) is 17.2 Å². The van der Waals surface area contributed by atoms with Crippen LogP contribution in [0, 0.1) is 0 Å². The molecular weight excluding hydrogens is 330 g/mol. The highest BCUT2D eigenvalue weighted by atomic mass is 32.2. The number of carbonyl (C=O) groups is 1. The van der Waals surface area contributed by atoms with Gasteiger partial charge in [-0.15, -0.1) is 0 Å². The molecule has 2 aromatic carbocycles. The van der Waals surface area contributed by atoms with Crippen LogP contribution in [-0.2, 0) is 14.9 Å². The summed E-state index contributed by atoms with van der Waals surface area (Å²) in [4.78, 5) is 12.0. The zero-order chi connectivity index (χ0) is 17.3. The van der Waals surface area contributed by atoms with E-state index in [0.717, 1.165) is 5.39 Å². The molecule has 0 bridgehead atoms. The first-order valence-corrected chi connectivity index (χ1v) is 7.77. The van der Waals surface area contributed by atoms with Crippen molar-refractivity contribution >= 4 is 32.9 Å². The summed E-state index contributed by atoms with van der Waals surface area (Å²) in [6, 6.07) is 10.0. The average molecular weight is 342 g/mol. The first-order chi connectivity index (χ1) is 10.7. The fourth-order valence-corrected chi connectivity index (χ4v) is 2.20. The minimum Gasteiger partial charge on any atom is -0.454 e.